The molecule has 0 fully saturated rings. The summed E-state index contributed by atoms with van der Waals surface area (Å²) in [6.07, 6.45) is -0.612. The molecule has 1 amide bonds. The Balaban J connectivity index is 3.09. The molecule has 7 nitrogen and oxygen atoms in total. The van der Waals surface area contributed by atoms with E-state index in [-0.39, 0.29) is 4.90 Å². The molecule has 0 saturated heterocycles. The van der Waals surface area contributed by atoms with Gasteiger partial charge < -0.3 is 10.8 Å². The second kappa shape index (κ2) is 6.02. The van der Waals surface area contributed by atoms with Crippen LogP contribution in [0.25, 0.3) is 0 Å². The molecule has 0 aliphatic rings. The number of aryl methyl sites for hydroxylation is 2. The molecule has 0 radical (unpaired) electrons. The molecule has 1 aromatic rings. The fourth-order valence-electron chi connectivity index (χ4n) is 1.72. The lowest BCUT2D eigenvalue weighted by Gasteiger charge is -2.14. The molecule has 8 heteroatoms. The maximum absolute atomic E-state index is 12.1. The highest BCUT2D eigenvalue weighted by atomic mass is 32.2. The first kappa shape index (κ1) is 16.1. The molecule has 0 aliphatic heterocycles. The lowest BCUT2D eigenvalue weighted by atomic mass is 10.2. The summed E-state index contributed by atoms with van der Waals surface area (Å²) in [5.74, 6) is -2.36. The summed E-state index contributed by atoms with van der Waals surface area (Å²) in [5.41, 5.74) is 6.36. The maximum atomic E-state index is 12.1. The highest BCUT2D eigenvalue weighted by Crippen LogP contribution is 2.15. The molecular formula is C12H16N2O5S. The number of hydrogen-bond donors (Lipinski definition) is 3. The molecule has 0 aliphatic carbocycles. The fraction of sp³-hybridized carbons (Fsp3) is 0.333. The molecule has 1 rings (SSSR count). The fourth-order valence-corrected chi connectivity index (χ4v) is 3.10. The smallest absolute Gasteiger partial charge is 0.322 e. The minimum absolute atomic E-state index is 0.0503. The number of hydrogen-bond acceptors (Lipinski definition) is 4. The van der Waals surface area contributed by atoms with Gasteiger partial charge in [0, 0.05) is 0 Å². The summed E-state index contributed by atoms with van der Waals surface area (Å²) >= 11 is 0. The van der Waals surface area contributed by atoms with Crippen LogP contribution in [0.4, 0.5) is 0 Å². The Hall–Kier alpha value is -1.93. The predicted octanol–water partition coefficient (Wildman–Crippen LogP) is -0.0897. The Labute approximate surface area is 116 Å². The monoisotopic (exact) mass is 300 g/mol. The number of nitrogens with two attached hydrogens (primary N) is 1. The van der Waals surface area contributed by atoms with Gasteiger partial charge in [-0.05, 0) is 37.1 Å². The van der Waals surface area contributed by atoms with Crippen LogP contribution in [0.15, 0.2) is 23.1 Å². The van der Waals surface area contributed by atoms with E-state index in [9.17, 15) is 18.0 Å². The van der Waals surface area contributed by atoms with Crippen LogP contribution in [0.2, 0.25) is 0 Å². The van der Waals surface area contributed by atoms with Gasteiger partial charge in [-0.25, -0.2) is 8.42 Å². The number of aliphatic carboxylic acids is 1. The first-order valence-corrected chi connectivity index (χ1v) is 7.22. The standard InChI is InChI=1S/C12H16N2O5S/c1-7-3-8(2)5-9(4-7)20(18,19)14-10(12(16)17)6-11(13)15/h3-5,10,14H,6H2,1-2H3,(H2,13,15)(H,16,17)/t10-/m0/s1. The Morgan fingerprint density at radius 1 is 1.25 bits per heavy atom. The van der Waals surface area contributed by atoms with Crippen molar-refractivity contribution in [2.45, 2.75) is 31.2 Å². The molecule has 0 heterocycles. The molecule has 0 saturated carbocycles. The molecule has 0 unspecified atom stereocenters. The summed E-state index contributed by atoms with van der Waals surface area (Å²) in [5, 5.41) is 8.91. The third kappa shape index (κ3) is 4.32. The highest BCUT2D eigenvalue weighted by Gasteiger charge is 2.27. The van der Waals surface area contributed by atoms with Gasteiger partial charge in [0.05, 0.1) is 11.3 Å². The predicted molar refractivity (Wildman–Crippen MR) is 71.5 cm³/mol. The largest absolute Gasteiger partial charge is 0.480 e. The zero-order valence-corrected chi connectivity index (χ0v) is 11.9. The number of carboxylic acids is 1. The Bertz CT molecular complexity index is 619. The van der Waals surface area contributed by atoms with E-state index in [0.29, 0.717) is 0 Å². The molecule has 110 valence electrons. The number of carboxylic acid groups (broad SMARTS) is 1. The van der Waals surface area contributed by atoms with Crippen molar-refractivity contribution >= 4 is 21.9 Å². The second-order valence-electron chi connectivity index (χ2n) is 4.51. The Morgan fingerprint density at radius 2 is 1.75 bits per heavy atom. The quantitative estimate of drug-likeness (QED) is 0.676. The van der Waals surface area contributed by atoms with Crippen molar-refractivity contribution in [3.63, 3.8) is 0 Å². The Kier molecular flexibility index (Phi) is 4.85. The normalized spacial score (nSPS) is 12.9. The first-order chi connectivity index (χ1) is 9.11. The lowest BCUT2D eigenvalue weighted by Crippen LogP contribution is -2.43. The van der Waals surface area contributed by atoms with Crippen LogP contribution in [-0.2, 0) is 19.6 Å². The van der Waals surface area contributed by atoms with Gasteiger partial charge in [-0.15, -0.1) is 0 Å². The van der Waals surface area contributed by atoms with Gasteiger partial charge in [0.2, 0.25) is 15.9 Å². The lowest BCUT2D eigenvalue weighted by molar-refractivity contribution is -0.140. The summed E-state index contributed by atoms with van der Waals surface area (Å²) in [7, 11) is -4.03. The minimum Gasteiger partial charge on any atom is -0.480 e. The van der Waals surface area contributed by atoms with E-state index in [4.69, 9.17) is 10.8 Å². The van der Waals surface area contributed by atoms with Crippen molar-refractivity contribution in [3.05, 3.63) is 29.3 Å². The van der Waals surface area contributed by atoms with Gasteiger partial charge in [-0.2, -0.15) is 4.72 Å². The summed E-state index contributed by atoms with van der Waals surface area (Å²) < 4.78 is 26.2. The van der Waals surface area contributed by atoms with Crippen molar-refractivity contribution in [1.82, 2.24) is 4.72 Å². The van der Waals surface area contributed by atoms with Crippen molar-refractivity contribution < 1.29 is 23.1 Å². The third-order valence-electron chi connectivity index (χ3n) is 2.51. The van der Waals surface area contributed by atoms with Gasteiger partial charge in [0.15, 0.2) is 0 Å². The number of benzene rings is 1. The van der Waals surface area contributed by atoms with Crippen molar-refractivity contribution in [2.24, 2.45) is 5.73 Å². The van der Waals surface area contributed by atoms with Crippen LogP contribution in [-0.4, -0.2) is 31.4 Å². The van der Waals surface area contributed by atoms with E-state index >= 15 is 0 Å². The molecule has 0 bridgehead atoms. The first-order valence-electron chi connectivity index (χ1n) is 5.73. The number of sulfonamides is 1. The number of nitrogens with one attached hydrogen (secondary N) is 1. The van der Waals surface area contributed by atoms with Crippen molar-refractivity contribution in [1.29, 1.82) is 0 Å². The second-order valence-corrected chi connectivity index (χ2v) is 6.22. The summed E-state index contributed by atoms with van der Waals surface area (Å²) in [6, 6.07) is 3.03. The number of primary amides is 1. The molecule has 4 N–H and O–H groups in total. The molecule has 1 atom stereocenters. The van der Waals surface area contributed by atoms with E-state index in [0.717, 1.165) is 11.1 Å². The maximum Gasteiger partial charge on any atom is 0.322 e. The molecule has 0 aromatic heterocycles. The van der Waals surface area contributed by atoms with E-state index < -0.39 is 34.4 Å². The number of rotatable bonds is 6. The van der Waals surface area contributed by atoms with E-state index in [2.05, 4.69) is 0 Å². The van der Waals surface area contributed by atoms with E-state index in [1.54, 1.807) is 19.9 Å². The Morgan fingerprint density at radius 3 is 2.15 bits per heavy atom. The average Bonchev–Trinajstić information content (AvgIpc) is 2.25. The zero-order chi connectivity index (χ0) is 15.5. The van der Waals surface area contributed by atoms with Gasteiger partial charge >= 0.3 is 5.97 Å². The zero-order valence-electron chi connectivity index (χ0n) is 11.1. The molecule has 1 aromatic carbocycles. The topological polar surface area (TPSA) is 127 Å². The van der Waals surface area contributed by atoms with Crippen LogP contribution in [0.5, 0.6) is 0 Å². The van der Waals surface area contributed by atoms with Gasteiger partial charge in [0.25, 0.3) is 0 Å². The van der Waals surface area contributed by atoms with E-state index in [1.807, 2.05) is 4.72 Å². The van der Waals surface area contributed by atoms with Crippen LogP contribution in [0.3, 0.4) is 0 Å². The van der Waals surface area contributed by atoms with Crippen molar-refractivity contribution in [3.8, 4) is 0 Å². The SMILES string of the molecule is Cc1cc(C)cc(S(=O)(=O)N[C@@H](CC(N)=O)C(=O)O)c1. The van der Waals surface area contributed by atoms with E-state index in [1.165, 1.54) is 12.1 Å². The number of carbonyl (C=O) groups excluding carboxylic acids is 1. The molecule has 20 heavy (non-hydrogen) atoms. The van der Waals surface area contributed by atoms with Crippen LogP contribution < -0.4 is 10.5 Å². The molecule has 0 spiro atoms. The van der Waals surface area contributed by atoms with Crippen molar-refractivity contribution in [2.75, 3.05) is 0 Å². The van der Waals surface area contributed by atoms with Gasteiger partial charge in [-0.3, -0.25) is 9.59 Å². The minimum atomic E-state index is -4.03. The number of carbonyl (C=O) groups is 2. The van der Waals surface area contributed by atoms with Gasteiger partial charge in [-0.1, -0.05) is 6.07 Å². The summed E-state index contributed by atoms with van der Waals surface area (Å²) in [6.45, 7) is 3.45. The average molecular weight is 300 g/mol. The van der Waals surface area contributed by atoms with Crippen LogP contribution in [0, 0.1) is 13.8 Å². The molecular weight excluding hydrogens is 284 g/mol. The highest BCUT2D eigenvalue weighted by molar-refractivity contribution is 7.89. The van der Waals surface area contributed by atoms with Gasteiger partial charge in [0.1, 0.15) is 6.04 Å². The summed E-state index contributed by atoms with van der Waals surface area (Å²) in [4.78, 5) is 21.7. The van der Waals surface area contributed by atoms with Crippen LogP contribution in [0.1, 0.15) is 17.5 Å². The third-order valence-corrected chi connectivity index (χ3v) is 3.96. The van der Waals surface area contributed by atoms with Crippen LogP contribution >= 0.6 is 0 Å². The number of amides is 1.